The van der Waals surface area contributed by atoms with Gasteiger partial charge in [0.15, 0.2) is 5.84 Å². The summed E-state index contributed by atoms with van der Waals surface area (Å²) in [7, 11) is 3.71. The lowest BCUT2D eigenvalue weighted by Crippen LogP contribution is -2.33. The number of hydrogen-bond donors (Lipinski definition) is 1. The lowest BCUT2D eigenvalue weighted by molar-refractivity contribution is 0.393. The van der Waals surface area contributed by atoms with E-state index in [1.54, 1.807) is 11.0 Å². The molecule has 0 saturated heterocycles. The molecule has 0 bridgehead atoms. The first-order chi connectivity index (χ1) is 5.09. The van der Waals surface area contributed by atoms with Crippen LogP contribution in [0.3, 0.4) is 0 Å². The van der Waals surface area contributed by atoms with Crippen LogP contribution in [0.15, 0.2) is 16.3 Å². The van der Waals surface area contributed by atoms with Crippen LogP contribution >= 0.6 is 23.4 Å². The molecule has 0 fully saturated rings. The van der Waals surface area contributed by atoms with Crippen LogP contribution in [0.25, 0.3) is 0 Å². The van der Waals surface area contributed by atoms with Crippen LogP contribution in [0.5, 0.6) is 0 Å². The summed E-state index contributed by atoms with van der Waals surface area (Å²) in [5.41, 5.74) is 2.58. The van der Waals surface area contributed by atoms with Crippen LogP contribution in [-0.4, -0.2) is 29.5 Å². The first-order valence-corrected chi connectivity index (χ1v) is 3.67. The molecule has 0 spiro atoms. The molecular formula is C5H8Cl2N4. The Hall–Kier alpha value is -0.610. The normalized spacial score (nSPS) is 16.9. The fourth-order valence-electron chi connectivity index (χ4n) is 0.596. The maximum Gasteiger partial charge on any atom is 0.154 e. The SMILES string of the molecule is CN(C)C1=NN(Cl)NC(Cl)=C1. The second-order valence-electron chi connectivity index (χ2n) is 2.22. The summed E-state index contributed by atoms with van der Waals surface area (Å²) in [4.78, 5) is 1.80. The zero-order chi connectivity index (χ0) is 8.43. The van der Waals surface area contributed by atoms with Crippen molar-refractivity contribution in [1.29, 1.82) is 0 Å². The Morgan fingerprint density at radius 2 is 2.27 bits per heavy atom. The van der Waals surface area contributed by atoms with Crippen LogP contribution in [0.4, 0.5) is 0 Å². The van der Waals surface area contributed by atoms with Crippen LogP contribution < -0.4 is 5.43 Å². The second kappa shape index (κ2) is 3.19. The van der Waals surface area contributed by atoms with E-state index in [2.05, 4.69) is 10.5 Å². The predicted octanol–water partition coefficient (Wildman–Crippen LogP) is 0.916. The van der Waals surface area contributed by atoms with E-state index in [1.807, 2.05) is 14.1 Å². The van der Waals surface area contributed by atoms with E-state index in [0.29, 0.717) is 11.0 Å². The number of hydrazone groups is 1. The average molecular weight is 195 g/mol. The third kappa shape index (κ3) is 2.17. The molecule has 11 heavy (non-hydrogen) atoms. The molecule has 0 aromatic heterocycles. The fourth-order valence-corrected chi connectivity index (χ4v) is 0.986. The molecule has 1 aliphatic rings. The Kier molecular flexibility index (Phi) is 2.46. The van der Waals surface area contributed by atoms with Crippen molar-refractivity contribution < 1.29 is 0 Å². The van der Waals surface area contributed by atoms with Crippen LogP contribution in [-0.2, 0) is 0 Å². The average Bonchev–Trinajstić information content (AvgIpc) is 1.85. The van der Waals surface area contributed by atoms with Gasteiger partial charge in [-0.25, -0.2) is 0 Å². The van der Waals surface area contributed by atoms with Crippen LogP contribution in [0.2, 0.25) is 0 Å². The highest BCUT2D eigenvalue weighted by Gasteiger charge is 2.09. The molecule has 0 atom stereocenters. The molecule has 0 unspecified atom stereocenters. The highest BCUT2D eigenvalue weighted by Crippen LogP contribution is 2.08. The third-order valence-corrected chi connectivity index (χ3v) is 1.46. The molecular weight excluding hydrogens is 187 g/mol. The van der Waals surface area contributed by atoms with Gasteiger partial charge in [0.05, 0.1) is 11.8 Å². The summed E-state index contributed by atoms with van der Waals surface area (Å²) in [6, 6.07) is 0. The van der Waals surface area contributed by atoms with Gasteiger partial charge in [0.25, 0.3) is 0 Å². The van der Waals surface area contributed by atoms with E-state index in [9.17, 15) is 0 Å². The standard InChI is InChI=1S/C5H8Cl2N4/c1-10(2)5-3-4(6)8-11(7)9-5/h3,8H,1-2H3. The first kappa shape index (κ1) is 8.49. The number of rotatable bonds is 0. The molecule has 1 aliphatic heterocycles. The minimum atomic E-state index is 0.443. The molecule has 0 saturated carbocycles. The first-order valence-electron chi connectivity index (χ1n) is 2.95. The second-order valence-corrected chi connectivity index (χ2v) is 2.94. The molecule has 0 amide bonds. The van der Waals surface area contributed by atoms with E-state index < -0.39 is 0 Å². The summed E-state index contributed by atoms with van der Waals surface area (Å²) in [5.74, 6) is 0.698. The molecule has 0 aliphatic carbocycles. The van der Waals surface area contributed by atoms with E-state index in [4.69, 9.17) is 23.4 Å². The fraction of sp³-hybridized carbons (Fsp3) is 0.400. The summed E-state index contributed by atoms with van der Waals surface area (Å²) in [6.07, 6.45) is 1.68. The highest BCUT2D eigenvalue weighted by molar-refractivity contribution is 6.31. The van der Waals surface area contributed by atoms with Crippen molar-refractivity contribution in [2.75, 3.05) is 14.1 Å². The van der Waals surface area contributed by atoms with Gasteiger partial charge in [-0.3, -0.25) is 5.43 Å². The molecule has 62 valence electrons. The van der Waals surface area contributed by atoms with Gasteiger partial charge in [0.2, 0.25) is 0 Å². The van der Waals surface area contributed by atoms with Gasteiger partial charge in [0.1, 0.15) is 5.16 Å². The maximum atomic E-state index is 5.67. The van der Waals surface area contributed by atoms with Crippen molar-refractivity contribution >= 4 is 29.2 Å². The van der Waals surface area contributed by atoms with Crippen molar-refractivity contribution in [2.45, 2.75) is 0 Å². The minimum absolute atomic E-state index is 0.443. The Balaban J connectivity index is 2.78. The minimum Gasteiger partial charge on any atom is -0.361 e. The van der Waals surface area contributed by atoms with Crippen LogP contribution in [0.1, 0.15) is 0 Å². The largest absolute Gasteiger partial charge is 0.361 e. The Morgan fingerprint density at radius 1 is 1.64 bits per heavy atom. The number of nitrogens with zero attached hydrogens (tertiary/aromatic N) is 3. The summed E-state index contributed by atoms with van der Waals surface area (Å²) in [5, 5.41) is 4.34. The van der Waals surface area contributed by atoms with Crippen molar-refractivity contribution in [3.05, 3.63) is 11.2 Å². The lowest BCUT2D eigenvalue weighted by Gasteiger charge is -2.21. The van der Waals surface area contributed by atoms with E-state index >= 15 is 0 Å². The van der Waals surface area contributed by atoms with Crippen molar-refractivity contribution in [3.8, 4) is 0 Å². The zero-order valence-corrected chi connectivity index (χ0v) is 7.69. The van der Waals surface area contributed by atoms with Gasteiger partial charge in [0, 0.05) is 20.2 Å². The van der Waals surface area contributed by atoms with E-state index in [1.165, 1.54) is 0 Å². The molecule has 1 rings (SSSR count). The Bertz CT molecular complexity index is 211. The Morgan fingerprint density at radius 3 is 2.73 bits per heavy atom. The molecule has 0 aromatic rings. The Labute approximate surface area is 75.1 Å². The summed E-state index contributed by atoms with van der Waals surface area (Å²) < 4.78 is 1.04. The number of nitrogens with one attached hydrogen (secondary N) is 1. The number of halogens is 2. The molecule has 1 heterocycles. The number of hydrazine groups is 1. The van der Waals surface area contributed by atoms with Gasteiger partial charge >= 0.3 is 0 Å². The van der Waals surface area contributed by atoms with Gasteiger partial charge in [-0.15, -0.1) is 9.74 Å². The van der Waals surface area contributed by atoms with Crippen molar-refractivity contribution in [1.82, 2.24) is 15.0 Å². The summed E-state index contributed by atoms with van der Waals surface area (Å²) >= 11 is 11.2. The zero-order valence-electron chi connectivity index (χ0n) is 6.17. The topological polar surface area (TPSA) is 30.9 Å². The van der Waals surface area contributed by atoms with Gasteiger partial charge in [-0.1, -0.05) is 11.6 Å². The highest BCUT2D eigenvalue weighted by atomic mass is 35.5. The third-order valence-electron chi connectivity index (χ3n) is 1.10. The number of likely N-dealkylation sites (N-methyl/N-ethyl adjacent to an activating group) is 1. The molecule has 4 nitrogen and oxygen atoms in total. The number of hydrogen-bond acceptors (Lipinski definition) is 4. The molecule has 6 heteroatoms. The smallest absolute Gasteiger partial charge is 0.154 e. The molecule has 1 N–H and O–H groups in total. The van der Waals surface area contributed by atoms with Gasteiger partial charge < -0.3 is 4.90 Å². The van der Waals surface area contributed by atoms with Gasteiger partial charge in [-0.05, 0) is 0 Å². The number of amidine groups is 1. The predicted molar refractivity (Wildman–Crippen MR) is 45.9 cm³/mol. The molecule has 0 radical (unpaired) electrons. The van der Waals surface area contributed by atoms with Crippen LogP contribution in [0, 0.1) is 0 Å². The summed E-state index contributed by atoms with van der Waals surface area (Å²) in [6.45, 7) is 0. The molecule has 0 aromatic carbocycles. The van der Waals surface area contributed by atoms with Crippen molar-refractivity contribution in [2.24, 2.45) is 5.10 Å². The quantitative estimate of drug-likeness (QED) is 0.460. The maximum absolute atomic E-state index is 5.67. The monoisotopic (exact) mass is 194 g/mol. The lowest BCUT2D eigenvalue weighted by atomic mass is 10.5. The van der Waals surface area contributed by atoms with Gasteiger partial charge in [-0.2, -0.15) is 0 Å². The van der Waals surface area contributed by atoms with E-state index in [-0.39, 0.29) is 0 Å². The van der Waals surface area contributed by atoms with E-state index in [0.717, 1.165) is 4.64 Å². The van der Waals surface area contributed by atoms with Crippen molar-refractivity contribution in [3.63, 3.8) is 0 Å².